The molecule has 0 unspecified atom stereocenters. The third-order valence-electron chi connectivity index (χ3n) is 2.95. The van der Waals surface area contributed by atoms with Crippen molar-refractivity contribution in [2.24, 2.45) is 0 Å². The van der Waals surface area contributed by atoms with E-state index in [1.165, 1.54) is 5.56 Å². The Kier molecular flexibility index (Phi) is 4.90. The summed E-state index contributed by atoms with van der Waals surface area (Å²) in [5.74, 6) is 1.77. The second kappa shape index (κ2) is 6.86. The highest BCUT2D eigenvalue weighted by molar-refractivity contribution is 5.34. The van der Waals surface area contributed by atoms with E-state index in [2.05, 4.69) is 16.9 Å². The fourth-order valence-corrected chi connectivity index (χ4v) is 1.74. The lowest BCUT2D eigenvalue weighted by atomic mass is 10.2. The van der Waals surface area contributed by atoms with Crippen LogP contribution in [0.3, 0.4) is 0 Å². The molecule has 20 heavy (non-hydrogen) atoms. The lowest BCUT2D eigenvalue weighted by molar-refractivity contribution is 0.303. The Balaban J connectivity index is 2.10. The number of hydrogen-bond acceptors (Lipinski definition) is 5. The molecule has 0 radical (unpaired) electrons. The van der Waals surface area contributed by atoms with Gasteiger partial charge in [0, 0.05) is 25.9 Å². The van der Waals surface area contributed by atoms with Gasteiger partial charge in [-0.15, -0.1) is 0 Å². The number of ether oxygens (including phenoxy) is 1. The molecule has 0 aliphatic heterocycles. The van der Waals surface area contributed by atoms with Crippen LogP contribution in [0.15, 0.2) is 36.5 Å². The largest absolute Gasteiger partial charge is 0.439 e. The first-order chi connectivity index (χ1) is 9.72. The van der Waals surface area contributed by atoms with Crippen molar-refractivity contribution in [1.82, 2.24) is 9.97 Å². The monoisotopic (exact) mass is 273 g/mol. The smallest absolute Gasteiger partial charge is 0.228 e. The third-order valence-corrected chi connectivity index (χ3v) is 2.95. The lowest BCUT2D eigenvalue weighted by Crippen LogP contribution is -2.23. The summed E-state index contributed by atoms with van der Waals surface area (Å²) in [6.45, 7) is 2.65. The van der Waals surface area contributed by atoms with E-state index in [-0.39, 0.29) is 6.61 Å². The maximum absolute atomic E-state index is 8.92. The first-order valence-electron chi connectivity index (χ1n) is 6.64. The number of anilines is 1. The molecule has 0 aliphatic rings. The predicted molar refractivity (Wildman–Crippen MR) is 78.3 cm³/mol. The van der Waals surface area contributed by atoms with Gasteiger partial charge in [-0.25, -0.2) is 4.98 Å². The van der Waals surface area contributed by atoms with Gasteiger partial charge in [0.2, 0.25) is 11.8 Å². The van der Waals surface area contributed by atoms with Crippen LogP contribution in [0.25, 0.3) is 0 Å². The predicted octanol–water partition coefficient (Wildman–Crippen LogP) is 2.26. The molecule has 2 rings (SSSR count). The van der Waals surface area contributed by atoms with Crippen LogP contribution in [0.5, 0.6) is 11.6 Å². The van der Waals surface area contributed by atoms with Crippen LogP contribution in [-0.4, -0.2) is 35.3 Å². The van der Waals surface area contributed by atoms with Crippen molar-refractivity contribution in [2.45, 2.75) is 13.3 Å². The second-order valence-corrected chi connectivity index (χ2v) is 4.44. The van der Waals surface area contributed by atoms with Gasteiger partial charge in [-0.3, -0.25) is 0 Å². The summed E-state index contributed by atoms with van der Waals surface area (Å²) >= 11 is 0. The highest BCUT2D eigenvalue weighted by atomic mass is 16.5. The van der Waals surface area contributed by atoms with Gasteiger partial charge in [-0.1, -0.05) is 19.1 Å². The van der Waals surface area contributed by atoms with Crippen molar-refractivity contribution in [3.05, 3.63) is 42.1 Å². The summed E-state index contributed by atoms with van der Waals surface area (Å²) in [5.41, 5.74) is 1.27. The summed E-state index contributed by atoms with van der Waals surface area (Å²) in [6, 6.07) is 9.64. The number of nitrogens with zero attached hydrogens (tertiary/aromatic N) is 3. The minimum atomic E-state index is 0.0590. The molecule has 0 saturated carbocycles. The summed E-state index contributed by atoms with van der Waals surface area (Å²) in [5, 5.41) is 8.92. The van der Waals surface area contributed by atoms with Crippen molar-refractivity contribution in [3.63, 3.8) is 0 Å². The van der Waals surface area contributed by atoms with Crippen LogP contribution in [0.1, 0.15) is 12.5 Å². The summed E-state index contributed by atoms with van der Waals surface area (Å²) in [6.07, 6.45) is 2.65. The molecule has 5 nitrogen and oxygen atoms in total. The van der Waals surface area contributed by atoms with Crippen LogP contribution < -0.4 is 9.64 Å². The van der Waals surface area contributed by atoms with Gasteiger partial charge in [0.1, 0.15) is 5.75 Å². The van der Waals surface area contributed by atoms with Gasteiger partial charge in [0.05, 0.1) is 6.61 Å². The van der Waals surface area contributed by atoms with Crippen molar-refractivity contribution < 1.29 is 9.84 Å². The summed E-state index contributed by atoms with van der Waals surface area (Å²) in [4.78, 5) is 10.2. The molecule has 1 aromatic heterocycles. The van der Waals surface area contributed by atoms with E-state index in [1.54, 1.807) is 17.2 Å². The molecule has 0 atom stereocenters. The first kappa shape index (κ1) is 14.3. The Morgan fingerprint density at radius 1 is 1.20 bits per heavy atom. The van der Waals surface area contributed by atoms with Crippen molar-refractivity contribution in [3.8, 4) is 11.6 Å². The first-order valence-corrected chi connectivity index (χ1v) is 6.64. The Labute approximate surface area is 118 Å². The molecule has 1 aromatic carbocycles. The third kappa shape index (κ3) is 3.68. The lowest BCUT2D eigenvalue weighted by Gasteiger charge is -2.15. The number of aliphatic hydroxyl groups is 1. The highest BCUT2D eigenvalue weighted by Gasteiger charge is 2.06. The van der Waals surface area contributed by atoms with Crippen LogP contribution >= 0.6 is 0 Å². The topological polar surface area (TPSA) is 58.5 Å². The maximum Gasteiger partial charge on any atom is 0.228 e. The zero-order valence-electron chi connectivity index (χ0n) is 11.8. The average molecular weight is 273 g/mol. The van der Waals surface area contributed by atoms with Crippen molar-refractivity contribution in [1.29, 1.82) is 0 Å². The Morgan fingerprint density at radius 3 is 2.60 bits per heavy atom. The van der Waals surface area contributed by atoms with E-state index in [1.807, 2.05) is 31.3 Å². The standard InChI is InChI=1S/C15H19N3O2/c1-3-12-4-6-13(7-5-12)20-14-8-9-16-15(17-14)18(2)10-11-19/h4-9,19H,3,10-11H2,1-2H3. The number of benzene rings is 1. The minimum absolute atomic E-state index is 0.0590. The van der Waals surface area contributed by atoms with E-state index in [9.17, 15) is 0 Å². The number of aryl methyl sites for hydroxylation is 1. The Hall–Kier alpha value is -2.14. The van der Waals surface area contributed by atoms with Crippen LogP contribution in [0.2, 0.25) is 0 Å². The van der Waals surface area contributed by atoms with Crippen LogP contribution in [-0.2, 0) is 6.42 Å². The Morgan fingerprint density at radius 2 is 1.95 bits per heavy atom. The number of likely N-dealkylation sites (N-methyl/N-ethyl adjacent to an activating group) is 1. The molecule has 0 bridgehead atoms. The molecule has 5 heteroatoms. The van der Waals surface area contributed by atoms with Gasteiger partial charge in [0.25, 0.3) is 0 Å². The van der Waals surface area contributed by atoms with Gasteiger partial charge in [-0.05, 0) is 24.1 Å². The molecular weight excluding hydrogens is 254 g/mol. The van der Waals surface area contributed by atoms with Crippen LogP contribution in [0, 0.1) is 0 Å². The van der Waals surface area contributed by atoms with E-state index in [0.29, 0.717) is 18.4 Å². The molecule has 1 heterocycles. The van der Waals surface area contributed by atoms with E-state index >= 15 is 0 Å². The van der Waals surface area contributed by atoms with E-state index < -0.39 is 0 Å². The fraction of sp³-hybridized carbons (Fsp3) is 0.333. The van der Waals surface area contributed by atoms with Crippen LogP contribution in [0.4, 0.5) is 5.95 Å². The maximum atomic E-state index is 8.92. The number of aromatic nitrogens is 2. The Bertz CT molecular complexity index is 543. The van der Waals surface area contributed by atoms with Gasteiger partial charge < -0.3 is 14.7 Å². The van der Waals surface area contributed by atoms with Crippen molar-refractivity contribution in [2.75, 3.05) is 25.1 Å². The SMILES string of the molecule is CCc1ccc(Oc2ccnc(N(C)CCO)n2)cc1. The molecule has 0 saturated heterocycles. The average Bonchev–Trinajstić information content (AvgIpc) is 2.48. The van der Waals surface area contributed by atoms with Gasteiger partial charge in [-0.2, -0.15) is 4.98 Å². The zero-order valence-corrected chi connectivity index (χ0v) is 11.8. The second-order valence-electron chi connectivity index (χ2n) is 4.44. The van der Waals surface area contributed by atoms with E-state index in [0.717, 1.165) is 12.2 Å². The highest BCUT2D eigenvalue weighted by Crippen LogP contribution is 2.21. The quantitative estimate of drug-likeness (QED) is 0.875. The number of hydrogen-bond donors (Lipinski definition) is 1. The molecule has 0 aliphatic carbocycles. The molecule has 106 valence electrons. The normalized spacial score (nSPS) is 10.3. The summed E-state index contributed by atoms with van der Waals surface area (Å²) < 4.78 is 5.71. The molecule has 0 amide bonds. The van der Waals surface area contributed by atoms with Gasteiger partial charge in [0.15, 0.2) is 0 Å². The molecule has 2 aromatic rings. The van der Waals surface area contributed by atoms with Crippen molar-refractivity contribution >= 4 is 5.95 Å². The fourth-order valence-electron chi connectivity index (χ4n) is 1.74. The number of aliphatic hydroxyl groups excluding tert-OH is 1. The minimum Gasteiger partial charge on any atom is -0.439 e. The van der Waals surface area contributed by atoms with Gasteiger partial charge >= 0.3 is 0 Å². The number of rotatable bonds is 6. The molecule has 1 N–H and O–H groups in total. The summed E-state index contributed by atoms with van der Waals surface area (Å²) in [7, 11) is 1.82. The zero-order chi connectivity index (χ0) is 14.4. The van der Waals surface area contributed by atoms with E-state index in [4.69, 9.17) is 9.84 Å². The molecule has 0 fully saturated rings. The molecular formula is C15H19N3O2. The molecule has 0 spiro atoms.